The van der Waals surface area contributed by atoms with Crippen LogP contribution in [0.25, 0.3) is 0 Å². The number of benzene rings is 2. The number of likely N-dealkylation sites (tertiary alicyclic amines) is 1. The molecule has 10 nitrogen and oxygen atoms in total. The summed E-state index contributed by atoms with van der Waals surface area (Å²) in [5.74, 6) is -2.49. The third-order valence-electron chi connectivity index (χ3n) is 10.5. The van der Waals surface area contributed by atoms with Crippen LogP contribution in [0.5, 0.6) is 5.75 Å². The maximum atomic E-state index is 14.0. The Morgan fingerprint density at radius 2 is 1.61 bits per heavy atom. The number of carbonyl (C=O) groups is 3. The number of anilines is 1. The van der Waals surface area contributed by atoms with Crippen molar-refractivity contribution >= 4 is 35.1 Å². The second-order valence-corrected chi connectivity index (χ2v) is 14.0. The molecule has 49 heavy (non-hydrogen) atoms. The molecule has 3 N–H and O–H groups in total. The molecule has 4 amide bonds. The Balaban J connectivity index is 1.12. The molecule has 4 heterocycles. The highest BCUT2D eigenvalue weighted by molar-refractivity contribution is 6.32. The number of piperidine rings is 2. The number of para-hydroxylation sites is 1. The van der Waals surface area contributed by atoms with Gasteiger partial charge in [-0.1, -0.05) is 29.8 Å². The SMILES string of the molecule is O=C(C[C@H](Cc1cc(Cl)c(O)c(C(F)(F)F)c1)C(=O)N1CCN(C2CCNCC2)CC1)N1CCC(N2CCc3ccccc3NC2=O)CC1. The summed E-state index contributed by atoms with van der Waals surface area (Å²) in [5, 5.41) is 15.9. The number of nitrogens with one attached hydrogen (secondary N) is 2. The molecule has 4 aliphatic heterocycles. The molecular formula is C35H44ClF3N6O4. The minimum absolute atomic E-state index is 0.0491. The summed E-state index contributed by atoms with van der Waals surface area (Å²) >= 11 is 6.02. The highest BCUT2D eigenvalue weighted by atomic mass is 35.5. The first-order valence-electron chi connectivity index (χ1n) is 17.2. The largest absolute Gasteiger partial charge is 0.506 e. The third kappa shape index (κ3) is 8.26. The van der Waals surface area contributed by atoms with Gasteiger partial charge in [0.2, 0.25) is 11.8 Å². The van der Waals surface area contributed by atoms with Gasteiger partial charge in [-0.2, -0.15) is 13.2 Å². The Morgan fingerprint density at radius 1 is 0.918 bits per heavy atom. The number of hydrogen-bond acceptors (Lipinski definition) is 6. The maximum Gasteiger partial charge on any atom is 0.420 e. The number of fused-ring (bicyclic) bond motifs is 1. The lowest BCUT2D eigenvalue weighted by Crippen LogP contribution is -2.55. The highest BCUT2D eigenvalue weighted by Crippen LogP contribution is 2.41. The molecule has 6 rings (SSSR count). The number of nitrogens with zero attached hydrogens (tertiary/aromatic N) is 4. The van der Waals surface area contributed by atoms with Crippen molar-refractivity contribution in [3.63, 3.8) is 0 Å². The van der Waals surface area contributed by atoms with Crippen LogP contribution in [-0.4, -0.2) is 114 Å². The minimum atomic E-state index is -4.85. The Labute approximate surface area is 289 Å². The average molecular weight is 705 g/mol. The molecule has 4 aliphatic rings. The molecular weight excluding hydrogens is 661 g/mol. The fourth-order valence-corrected chi connectivity index (χ4v) is 8.00. The zero-order valence-electron chi connectivity index (χ0n) is 27.5. The van der Waals surface area contributed by atoms with E-state index in [-0.39, 0.29) is 42.3 Å². The van der Waals surface area contributed by atoms with Crippen molar-refractivity contribution in [1.82, 2.24) is 24.9 Å². The first-order valence-corrected chi connectivity index (χ1v) is 17.6. The van der Waals surface area contributed by atoms with E-state index in [0.717, 1.165) is 49.7 Å². The van der Waals surface area contributed by atoms with Gasteiger partial charge in [0.1, 0.15) is 5.75 Å². The molecule has 2 aromatic carbocycles. The van der Waals surface area contributed by atoms with Crippen LogP contribution in [0.15, 0.2) is 36.4 Å². The second kappa shape index (κ2) is 15.1. The quantitative estimate of drug-likeness (QED) is 0.390. The zero-order chi connectivity index (χ0) is 34.7. The molecule has 0 aromatic heterocycles. The van der Waals surface area contributed by atoms with Crippen molar-refractivity contribution < 1.29 is 32.7 Å². The number of phenolic OH excluding ortho intramolecular Hbond substituents is 1. The predicted molar refractivity (Wildman–Crippen MR) is 179 cm³/mol. The first-order chi connectivity index (χ1) is 23.5. The molecule has 2 aromatic rings. The minimum Gasteiger partial charge on any atom is -0.506 e. The summed E-state index contributed by atoms with van der Waals surface area (Å²) in [6, 6.07) is 10.0. The van der Waals surface area contributed by atoms with Crippen molar-refractivity contribution in [2.75, 3.05) is 64.2 Å². The topological polar surface area (TPSA) is 108 Å². The number of halogens is 4. The summed E-state index contributed by atoms with van der Waals surface area (Å²) in [5.41, 5.74) is 0.738. The monoisotopic (exact) mass is 704 g/mol. The normalized spacial score (nSPS) is 20.8. The van der Waals surface area contributed by atoms with E-state index < -0.39 is 28.4 Å². The number of carbonyl (C=O) groups excluding carboxylic acids is 3. The van der Waals surface area contributed by atoms with Gasteiger partial charge in [0, 0.05) is 70.0 Å². The maximum absolute atomic E-state index is 14.0. The van der Waals surface area contributed by atoms with E-state index in [0.29, 0.717) is 64.7 Å². The van der Waals surface area contributed by atoms with E-state index in [1.807, 2.05) is 29.2 Å². The molecule has 0 unspecified atom stereocenters. The Bertz CT molecular complexity index is 1520. The number of aromatic hydroxyl groups is 1. The van der Waals surface area contributed by atoms with Gasteiger partial charge in [0.05, 0.1) is 16.5 Å². The summed E-state index contributed by atoms with van der Waals surface area (Å²) < 4.78 is 41.2. The number of amides is 4. The van der Waals surface area contributed by atoms with Crippen molar-refractivity contribution in [2.45, 2.75) is 63.2 Å². The van der Waals surface area contributed by atoms with Gasteiger partial charge in [-0.3, -0.25) is 14.5 Å². The standard InChI is InChI=1S/C35H44ClF3N6O4/c36-29-21-23(20-28(32(29)47)35(37,38)39)19-25(33(48)44-17-15-42(16-18-44)26-5-10-40-11-6-26)22-31(46)43-12-8-27(9-13-43)45-14-7-24-3-1-2-4-30(24)41-34(45)49/h1-4,20-21,25-27,40,47H,5-19,22H2,(H,41,49)/t25-/m0/s1. The van der Waals surface area contributed by atoms with Crippen LogP contribution in [0.2, 0.25) is 5.02 Å². The number of urea groups is 1. The molecule has 0 bridgehead atoms. The smallest absolute Gasteiger partial charge is 0.420 e. The van der Waals surface area contributed by atoms with E-state index >= 15 is 0 Å². The van der Waals surface area contributed by atoms with Crippen LogP contribution in [-0.2, 0) is 28.6 Å². The Kier molecular flexibility index (Phi) is 10.9. The lowest BCUT2D eigenvalue weighted by atomic mass is 9.92. The number of alkyl halides is 3. The molecule has 3 fully saturated rings. The molecule has 1 atom stereocenters. The van der Waals surface area contributed by atoms with E-state index in [4.69, 9.17) is 11.6 Å². The van der Waals surface area contributed by atoms with Gasteiger partial charge in [-0.05, 0) is 80.9 Å². The molecule has 14 heteroatoms. The summed E-state index contributed by atoms with van der Waals surface area (Å²) in [7, 11) is 0. The van der Waals surface area contributed by atoms with Crippen LogP contribution in [0.4, 0.5) is 23.7 Å². The number of hydrogen-bond donors (Lipinski definition) is 3. The zero-order valence-corrected chi connectivity index (χ0v) is 28.2. The highest BCUT2D eigenvalue weighted by Gasteiger charge is 2.38. The van der Waals surface area contributed by atoms with Crippen molar-refractivity contribution in [3.05, 3.63) is 58.1 Å². The predicted octanol–water partition coefficient (Wildman–Crippen LogP) is 4.59. The van der Waals surface area contributed by atoms with Crippen molar-refractivity contribution in [1.29, 1.82) is 0 Å². The summed E-state index contributed by atoms with van der Waals surface area (Å²) in [6.45, 7) is 5.64. The van der Waals surface area contributed by atoms with Crippen LogP contribution in [0, 0.1) is 5.92 Å². The average Bonchev–Trinajstić information content (AvgIpc) is 3.27. The lowest BCUT2D eigenvalue weighted by Gasteiger charge is -2.42. The first kappa shape index (κ1) is 35.3. The number of rotatable bonds is 7. The van der Waals surface area contributed by atoms with Crippen LogP contribution in [0.1, 0.15) is 48.8 Å². The summed E-state index contributed by atoms with van der Waals surface area (Å²) in [4.78, 5) is 48.5. The van der Waals surface area contributed by atoms with E-state index in [1.54, 1.807) is 9.80 Å². The lowest BCUT2D eigenvalue weighted by molar-refractivity contribution is -0.143. The van der Waals surface area contributed by atoms with Crippen molar-refractivity contribution in [2.24, 2.45) is 5.92 Å². The van der Waals surface area contributed by atoms with E-state index in [2.05, 4.69) is 15.5 Å². The fraction of sp³-hybridized carbons (Fsp3) is 0.571. The molecule has 0 spiro atoms. The van der Waals surface area contributed by atoms with E-state index in [9.17, 15) is 32.7 Å². The third-order valence-corrected chi connectivity index (χ3v) is 10.8. The molecule has 0 saturated carbocycles. The molecule has 0 radical (unpaired) electrons. The van der Waals surface area contributed by atoms with Gasteiger partial charge in [0.25, 0.3) is 0 Å². The van der Waals surface area contributed by atoms with Gasteiger partial charge < -0.3 is 30.4 Å². The van der Waals surface area contributed by atoms with Crippen LogP contribution in [0.3, 0.4) is 0 Å². The van der Waals surface area contributed by atoms with Gasteiger partial charge in [-0.15, -0.1) is 0 Å². The van der Waals surface area contributed by atoms with Crippen molar-refractivity contribution in [3.8, 4) is 5.75 Å². The van der Waals surface area contributed by atoms with E-state index in [1.165, 1.54) is 6.07 Å². The van der Waals surface area contributed by atoms with Crippen LogP contribution >= 0.6 is 11.6 Å². The molecule has 0 aliphatic carbocycles. The molecule has 3 saturated heterocycles. The number of piperazine rings is 1. The Morgan fingerprint density at radius 3 is 2.31 bits per heavy atom. The van der Waals surface area contributed by atoms with Gasteiger partial charge in [0.15, 0.2) is 0 Å². The van der Waals surface area contributed by atoms with Gasteiger partial charge >= 0.3 is 12.2 Å². The second-order valence-electron chi connectivity index (χ2n) is 13.6. The summed E-state index contributed by atoms with van der Waals surface area (Å²) in [6.07, 6.45) is -1.18. The fourth-order valence-electron chi connectivity index (χ4n) is 7.76. The van der Waals surface area contributed by atoms with Crippen LogP contribution < -0.4 is 10.6 Å². The van der Waals surface area contributed by atoms with Gasteiger partial charge in [-0.25, -0.2) is 4.79 Å². The number of phenols is 1. The Hall–Kier alpha value is -3.55. The molecule has 266 valence electrons.